The number of nitrogens with zero attached hydrogens (tertiary/aromatic N) is 3. The molecule has 25 heavy (non-hydrogen) atoms. The Morgan fingerprint density at radius 1 is 1.52 bits per heavy atom. The fraction of sp³-hybridized carbons (Fsp3) is 0.526. The molecule has 0 aromatic carbocycles. The van der Waals surface area contributed by atoms with Crippen LogP contribution in [0.1, 0.15) is 53.7 Å². The van der Waals surface area contributed by atoms with Crippen molar-refractivity contribution in [3.8, 4) is 6.07 Å². The number of hydrogen-bond acceptors (Lipinski definition) is 6. The molecule has 1 aromatic rings. The van der Waals surface area contributed by atoms with Crippen LogP contribution in [0.5, 0.6) is 0 Å². The largest absolute Gasteiger partial charge is 0.387 e. The number of carbonyl (C=O) groups is 1. The lowest BCUT2D eigenvalue weighted by Crippen LogP contribution is -2.43. The summed E-state index contributed by atoms with van der Waals surface area (Å²) >= 11 is 0. The van der Waals surface area contributed by atoms with Crippen LogP contribution in [0.2, 0.25) is 0 Å². The van der Waals surface area contributed by atoms with Gasteiger partial charge < -0.3 is 14.7 Å². The van der Waals surface area contributed by atoms with Gasteiger partial charge in [0.25, 0.3) is 0 Å². The summed E-state index contributed by atoms with van der Waals surface area (Å²) in [5.41, 5.74) is 1.75. The molecule has 6 heteroatoms. The van der Waals surface area contributed by atoms with E-state index in [1.807, 2.05) is 11.0 Å². The summed E-state index contributed by atoms with van der Waals surface area (Å²) in [6.45, 7) is 4.28. The van der Waals surface area contributed by atoms with Crippen molar-refractivity contribution >= 4 is 11.5 Å². The molecule has 0 bridgehead atoms. The van der Waals surface area contributed by atoms with E-state index in [1.54, 1.807) is 26.1 Å². The first-order valence-corrected chi connectivity index (χ1v) is 8.33. The van der Waals surface area contributed by atoms with Crippen molar-refractivity contribution in [2.75, 3.05) is 20.1 Å². The highest BCUT2D eigenvalue weighted by atomic mass is 16.5. The third kappa shape index (κ3) is 3.17. The molecular weight excluding hydrogens is 318 g/mol. The molecule has 0 radical (unpaired) electrons. The lowest BCUT2D eigenvalue weighted by Gasteiger charge is -2.41. The van der Waals surface area contributed by atoms with Crippen LogP contribution in [0.4, 0.5) is 0 Å². The molecule has 1 N–H and O–H groups in total. The fourth-order valence-electron chi connectivity index (χ4n) is 3.37. The Balaban J connectivity index is 1.95. The smallest absolute Gasteiger partial charge is 0.179 e. The van der Waals surface area contributed by atoms with Crippen LogP contribution in [-0.4, -0.2) is 46.5 Å². The zero-order chi connectivity index (χ0) is 20.7. The number of hydrogen-bond donors (Lipinski definition) is 1. The lowest BCUT2D eigenvalue weighted by molar-refractivity contribution is -0.114. The van der Waals surface area contributed by atoms with Gasteiger partial charge in [0.05, 0.1) is 27.2 Å². The van der Waals surface area contributed by atoms with Gasteiger partial charge in [0, 0.05) is 38.3 Å². The Labute approximate surface area is 151 Å². The molecule has 132 valence electrons. The van der Waals surface area contributed by atoms with Gasteiger partial charge in [-0.25, -0.2) is 0 Å². The number of aromatic nitrogens is 1. The summed E-state index contributed by atoms with van der Waals surface area (Å²) in [6, 6.07) is 3.76. The number of Topliss-reactive ketones (excluding diaryl/α,β-unsaturated/α-hetero) is 1. The van der Waals surface area contributed by atoms with Crippen molar-refractivity contribution in [3.05, 3.63) is 34.7 Å². The van der Waals surface area contributed by atoms with Gasteiger partial charge in [-0.2, -0.15) is 5.26 Å². The molecule has 1 saturated heterocycles. The zero-order valence-corrected chi connectivity index (χ0v) is 14.4. The van der Waals surface area contributed by atoms with Gasteiger partial charge in [0.2, 0.25) is 0 Å². The number of aliphatic hydroxyl groups excluding tert-OH is 1. The second-order valence-corrected chi connectivity index (χ2v) is 6.92. The van der Waals surface area contributed by atoms with E-state index in [-0.39, 0.29) is 17.8 Å². The predicted molar refractivity (Wildman–Crippen MR) is 92.3 cm³/mol. The van der Waals surface area contributed by atoms with E-state index in [4.69, 9.17) is 8.85 Å². The highest BCUT2D eigenvalue weighted by molar-refractivity contribution is 6.09. The van der Waals surface area contributed by atoms with E-state index in [0.29, 0.717) is 37.3 Å². The molecule has 1 fully saturated rings. The molecule has 1 aromatic heterocycles. The Kier molecular flexibility index (Phi) is 3.68. The molecule has 0 amide bonds. The predicted octanol–water partition coefficient (Wildman–Crippen LogP) is 2.00. The molecule has 3 rings (SSSR count). The van der Waals surface area contributed by atoms with E-state index >= 15 is 0 Å². The van der Waals surface area contributed by atoms with Crippen molar-refractivity contribution < 1.29 is 18.8 Å². The minimum absolute atomic E-state index is 0.0931. The molecule has 0 spiro atoms. The maximum Gasteiger partial charge on any atom is 0.179 e. The SMILES string of the molecule is [2H]C([2H])([2H])OC1(C)CCN(C2=C(C#N)C(=O)Cc3cnc(C(C)O)cc32)CC1. The number of aliphatic hydroxyl groups is 1. The summed E-state index contributed by atoms with van der Waals surface area (Å²) in [4.78, 5) is 18.6. The summed E-state index contributed by atoms with van der Waals surface area (Å²) in [5, 5.41) is 19.5. The number of ether oxygens (including phenoxy) is 1. The van der Waals surface area contributed by atoms with Gasteiger partial charge >= 0.3 is 0 Å². The number of carbonyl (C=O) groups excluding carboxylic acids is 1. The minimum atomic E-state index is -2.47. The third-order valence-corrected chi connectivity index (χ3v) is 5.05. The van der Waals surface area contributed by atoms with Crippen LogP contribution < -0.4 is 0 Å². The first kappa shape index (κ1) is 14.0. The van der Waals surface area contributed by atoms with Crippen LogP contribution in [0.25, 0.3) is 5.70 Å². The zero-order valence-electron chi connectivity index (χ0n) is 17.4. The first-order valence-electron chi connectivity index (χ1n) is 9.83. The van der Waals surface area contributed by atoms with Crippen LogP contribution in [0.3, 0.4) is 0 Å². The maximum absolute atomic E-state index is 12.5. The minimum Gasteiger partial charge on any atom is -0.387 e. The van der Waals surface area contributed by atoms with E-state index in [0.717, 1.165) is 11.1 Å². The molecule has 6 nitrogen and oxygen atoms in total. The topological polar surface area (TPSA) is 86.5 Å². The Morgan fingerprint density at radius 2 is 2.24 bits per heavy atom. The Morgan fingerprint density at radius 3 is 2.84 bits per heavy atom. The lowest BCUT2D eigenvalue weighted by atomic mass is 9.86. The van der Waals surface area contributed by atoms with E-state index in [1.165, 1.54) is 0 Å². The van der Waals surface area contributed by atoms with Crippen molar-refractivity contribution in [2.24, 2.45) is 0 Å². The summed E-state index contributed by atoms with van der Waals surface area (Å²) in [6.07, 6.45) is 1.81. The van der Waals surface area contributed by atoms with Crippen molar-refractivity contribution in [1.29, 1.82) is 5.26 Å². The average molecular weight is 344 g/mol. The van der Waals surface area contributed by atoms with Crippen molar-refractivity contribution in [2.45, 2.75) is 44.8 Å². The van der Waals surface area contributed by atoms with Gasteiger partial charge in [0.1, 0.15) is 11.6 Å². The number of ketones is 1. The van der Waals surface area contributed by atoms with Gasteiger partial charge in [-0.05, 0) is 38.3 Å². The molecule has 1 aliphatic heterocycles. The number of rotatable bonds is 3. The number of nitriles is 1. The highest BCUT2D eigenvalue weighted by Gasteiger charge is 2.35. The molecule has 2 aliphatic rings. The average Bonchev–Trinajstić information content (AvgIpc) is 2.59. The van der Waals surface area contributed by atoms with Crippen molar-refractivity contribution in [3.63, 3.8) is 0 Å². The maximum atomic E-state index is 12.5. The van der Waals surface area contributed by atoms with E-state index < -0.39 is 18.7 Å². The molecular formula is C19H23N3O3. The van der Waals surface area contributed by atoms with Crippen molar-refractivity contribution in [1.82, 2.24) is 9.88 Å². The normalized spacial score (nSPS) is 23.2. The summed E-state index contributed by atoms with van der Waals surface area (Å²) in [7, 11) is -2.47. The van der Waals surface area contributed by atoms with E-state index in [9.17, 15) is 15.2 Å². The number of likely N-dealkylation sites (tertiary alicyclic amines) is 1. The molecule has 1 atom stereocenters. The molecule has 1 aliphatic carbocycles. The first-order chi connectivity index (χ1) is 13.0. The van der Waals surface area contributed by atoms with Gasteiger partial charge in [-0.15, -0.1) is 0 Å². The highest BCUT2D eigenvalue weighted by Crippen LogP contribution is 2.36. The molecule has 0 saturated carbocycles. The number of methoxy groups -OCH3 is 1. The van der Waals surface area contributed by atoms with E-state index in [2.05, 4.69) is 4.98 Å². The quantitative estimate of drug-likeness (QED) is 0.902. The summed E-state index contributed by atoms with van der Waals surface area (Å²) < 4.78 is 27.4. The van der Waals surface area contributed by atoms with Crippen LogP contribution >= 0.6 is 0 Å². The van der Waals surface area contributed by atoms with Crippen LogP contribution in [-0.2, 0) is 16.0 Å². The Hall–Kier alpha value is -2.23. The fourth-order valence-corrected chi connectivity index (χ4v) is 3.37. The van der Waals surface area contributed by atoms with Gasteiger partial charge in [-0.1, -0.05) is 0 Å². The van der Waals surface area contributed by atoms with Crippen LogP contribution in [0.15, 0.2) is 17.8 Å². The summed E-state index contributed by atoms with van der Waals surface area (Å²) in [5.74, 6) is -0.260. The van der Waals surface area contributed by atoms with Gasteiger partial charge in [-0.3, -0.25) is 9.78 Å². The standard InChI is InChI=1S/C19H23N3O3/c1-12(23)16-9-14-13(11-21-16)8-17(24)15(10-20)18(14)22-6-4-19(2,25-3)5-7-22/h9,11-12,23H,4-8H2,1-3H3/i3D3. The molecule has 2 heterocycles. The second kappa shape index (κ2) is 6.58. The van der Waals surface area contributed by atoms with Gasteiger partial charge in [0.15, 0.2) is 5.78 Å². The number of allylic oxidation sites excluding steroid dienone is 1. The second-order valence-electron chi connectivity index (χ2n) is 6.92. The monoisotopic (exact) mass is 344 g/mol. The number of pyridine rings is 1. The van der Waals surface area contributed by atoms with Crippen LogP contribution in [0, 0.1) is 11.3 Å². The number of fused-ring (bicyclic) bond motifs is 1. The molecule has 1 unspecified atom stereocenters. The Bertz CT molecular complexity index is 863. The number of piperidine rings is 1. The third-order valence-electron chi connectivity index (χ3n) is 5.05.